The van der Waals surface area contributed by atoms with E-state index < -0.39 is 30.1 Å². The maximum atomic E-state index is 13.7. The zero-order chi connectivity index (χ0) is 32.9. The SMILES string of the molecule is CCC(C)C(C(CC(=O)N1CCCC1C(OC)C(C)C(=O)NCC(=O)OC)OC)N(C)C(=O)CNC(=O)N(CC)C(C)C. The second-order valence-electron chi connectivity index (χ2n) is 11.5. The number of likely N-dealkylation sites (N-methyl/N-ethyl adjacent to an activating group) is 1. The first-order valence-corrected chi connectivity index (χ1v) is 15.3. The Kier molecular flexibility index (Phi) is 16.5. The fourth-order valence-electron chi connectivity index (χ4n) is 5.84. The molecule has 0 radical (unpaired) electrons. The van der Waals surface area contributed by atoms with Crippen molar-refractivity contribution in [2.45, 2.75) is 97.6 Å². The minimum absolute atomic E-state index is 0.000993. The van der Waals surface area contributed by atoms with Gasteiger partial charge in [0.25, 0.3) is 0 Å². The fraction of sp³-hybridized carbons (Fsp3) is 0.833. The number of esters is 1. The number of hydrogen-bond acceptors (Lipinski definition) is 8. The van der Waals surface area contributed by atoms with Crippen molar-refractivity contribution in [3.63, 3.8) is 0 Å². The first-order chi connectivity index (χ1) is 20.3. The number of hydrogen-bond donors (Lipinski definition) is 2. The molecule has 0 spiro atoms. The number of carbonyl (C=O) groups excluding carboxylic acids is 5. The van der Waals surface area contributed by atoms with Crippen molar-refractivity contribution < 1.29 is 38.2 Å². The molecule has 43 heavy (non-hydrogen) atoms. The van der Waals surface area contributed by atoms with Gasteiger partial charge in [-0.2, -0.15) is 0 Å². The minimum Gasteiger partial charge on any atom is -0.468 e. The van der Waals surface area contributed by atoms with Gasteiger partial charge in [0.2, 0.25) is 17.7 Å². The molecule has 13 heteroatoms. The van der Waals surface area contributed by atoms with Crippen molar-refractivity contribution in [1.82, 2.24) is 25.3 Å². The van der Waals surface area contributed by atoms with E-state index in [-0.39, 0.29) is 61.3 Å². The number of rotatable bonds is 17. The number of urea groups is 1. The van der Waals surface area contributed by atoms with Crippen LogP contribution in [0.5, 0.6) is 0 Å². The largest absolute Gasteiger partial charge is 0.468 e. The molecule has 1 heterocycles. The van der Waals surface area contributed by atoms with Crippen LogP contribution in [0.25, 0.3) is 0 Å². The zero-order valence-electron chi connectivity index (χ0n) is 27.8. The predicted octanol–water partition coefficient (Wildman–Crippen LogP) is 1.64. The van der Waals surface area contributed by atoms with Crippen LogP contribution in [0, 0.1) is 11.8 Å². The molecule has 1 aliphatic rings. The molecule has 5 amide bonds. The van der Waals surface area contributed by atoms with Crippen molar-refractivity contribution in [2.75, 3.05) is 54.6 Å². The van der Waals surface area contributed by atoms with Crippen LogP contribution in [0.4, 0.5) is 4.79 Å². The molecular formula is C30H55N5O8. The summed E-state index contributed by atoms with van der Waals surface area (Å²) < 4.78 is 16.2. The van der Waals surface area contributed by atoms with E-state index in [4.69, 9.17) is 9.47 Å². The first kappa shape index (κ1) is 38.1. The average molecular weight is 614 g/mol. The lowest BCUT2D eigenvalue weighted by Crippen LogP contribution is -2.55. The van der Waals surface area contributed by atoms with E-state index in [0.29, 0.717) is 19.5 Å². The lowest BCUT2D eigenvalue weighted by molar-refractivity contribution is -0.146. The molecule has 248 valence electrons. The number of nitrogens with one attached hydrogen (secondary N) is 2. The standard InChI is InChI=1S/C30H55N5O8/c1-11-20(5)27(33(7)25(37)17-32-30(40)34(12-2)19(3)4)23(41-8)16-24(36)35-15-13-14-22(35)28(43-10)21(6)29(39)31-18-26(38)42-9/h19-23,27-28H,11-18H2,1-10H3,(H,31,39)(H,32,40). The van der Waals surface area contributed by atoms with Gasteiger partial charge in [-0.1, -0.05) is 27.2 Å². The van der Waals surface area contributed by atoms with Crippen molar-refractivity contribution in [2.24, 2.45) is 11.8 Å². The zero-order valence-corrected chi connectivity index (χ0v) is 27.8. The van der Waals surface area contributed by atoms with Crippen LogP contribution >= 0.6 is 0 Å². The predicted molar refractivity (Wildman–Crippen MR) is 162 cm³/mol. The summed E-state index contributed by atoms with van der Waals surface area (Å²) >= 11 is 0. The van der Waals surface area contributed by atoms with Gasteiger partial charge in [0.15, 0.2) is 0 Å². The van der Waals surface area contributed by atoms with Gasteiger partial charge in [-0.15, -0.1) is 0 Å². The molecular weight excluding hydrogens is 558 g/mol. The van der Waals surface area contributed by atoms with Gasteiger partial charge < -0.3 is 39.5 Å². The van der Waals surface area contributed by atoms with Crippen LogP contribution in [-0.4, -0.2) is 129 Å². The Balaban J connectivity index is 3.04. The van der Waals surface area contributed by atoms with Crippen molar-refractivity contribution >= 4 is 29.7 Å². The van der Waals surface area contributed by atoms with Gasteiger partial charge in [-0.3, -0.25) is 19.2 Å². The van der Waals surface area contributed by atoms with Gasteiger partial charge in [-0.05, 0) is 39.5 Å². The molecule has 6 unspecified atom stereocenters. The fourth-order valence-corrected chi connectivity index (χ4v) is 5.84. The number of amides is 5. The molecule has 1 aliphatic heterocycles. The Morgan fingerprint density at radius 3 is 2.12 bits per heavy atom. The molecule has 1 fully saturated rings. The van der Waals surface area contributed by atoms with Crippen LogP contribution < -0.4 is 10.6 Å². The van der Waals surface area contributed by atoms with E-state index in [0.717, 1.165) is 12.8 Å². The number of likely N-dealkylation sites (tertiary alicyclic amines) is 1. The van der Waals surface area contributed by atoms with E-state index in [1.165, 1.54) is 21.3 Å². The van der Waals surface area contributed by atoms with Gasteiger partial charge in [0, 0.05) is 40.4 Å². The highest BCUT2D eigenvalue weighted by atomic mass is 16.5. The number of methoxy groups -OCH3 is 3. The Labute approximate surface area is 257 Å². The van der Waals surface area contributed by atoms with Gasteiger partial charge in [-0.25, -0.2) is 4.79 Å². The Morgan fingerprint density at radius 1 is 0.953 bits per heavy atom. The molecule has 0 bridgehead atoms. The smallest absolute Gasteiger partial charge is 0.325 e. The summed E-state index contributed by atoms with van der Waals surface area (Å²) in [5, 5.41) is 5.28. The molecule has 0 aromatic heterocycles. The van der Waals surface area contributed by atoms with Crippen molar-refractivity contribution in [3.8, 4) is 0 Å². The quantitative estimate of drug-likeness (QED) is 0.236. The van der Waals surface area contributed by atoms with Crippen LogP contribution in [0.2, 0.25) is 0 Å². The van der Waals surface area contributed by atoms with Crippen molar-refractivity contribution in [3.05, 3.63) is 0 Å². The summed E-state index contributed by atoms with van der Waals surface area (Å²) in [7, 11) is 5.96. The number of carbonyl (C=O) groups is 5. The van der Waals surface area contributed by atoms with E-state index >= 15 is 0 Å². The number of ether oxygens (including phenoxy) is 3. The van der Waals surface area contributed by atoms with E-state index in [1.807, 2.05) is 34.6 Å². The topological polar surface area (TPSA) is 147 Å². The molecule has 13 nitrogen and oxygen atoms in total. The molecule has 2 N–H and O–H groups in total. The van der Waals surface area contributed by atoms with Crippen LogP contribution in [-0.2, 0) is 33.4 Å². The molecule has 1 rings (SSSR count). The summed E-state index contributed by atoms with van der Waals surface area (Å²) in [6.45, 7) is 12.1. The Hall–Kier alpha value is -2.93. The minimum atomic E-state index is -0.627. The Bertz CT molecular complexity index is 932. The molecule has 0 aliphatic carbocycles. The average Bonchev–Trinajstić information content (AvgIpc) is 3.47. The van der Waals surface area contributed by atoms with Crippen LogP contribution in [0.3, 0.4) is 0 Å². The van der Waals surface area contributed by atoms with Crippen LogP contribution in [0.1, 0.15) is 67.2 Å². The highest BCUT2D eigenvalue weighted by Gasteiger charge is 2.42. The second-order valence-corrected chi connectivity index (χ2v) is 11.5. The first-order valence-electron chi connectivity index (χ1n) is 15.3. The van der Waals surface area contributed by atoms with E-state index in [2.05, 4.69) is 15.4 Å². The third-order valence-corrected chi connectivity index (χ3v) is 8.55. The molecule has 0 saturated carbocycles. The Morgan fingerprint density at radius 2 is 1.60 bits per heavy atom. The molecule has 0 aromatic rings. The van der Waals surface area contributed by atoms with E-state index in [9.17, 15) is 24.0 Å². The third-order valence-electron chi connectivity index (χ3n) is 8.55. The summed E-state index contributed by atoms with van der Waals surface area (Å²) in [6, 6.07) is -1.07. The highest BCUT2D eigenvalue weighted by Crippen LogP contribution is 2.29. The maximum absolute atomic E-state index is 13.7. The van der Waals surface area contributed by atoms with Crippen LogP contribution in [0.15, 0.2) is 0 Å². The maximum Gasteiger partial charge on any atom is 0.325 e. The lowest BCUT2D eigenvalue weighted by Gasteiger charge is -2.39. The summed E-state index contributed by atoms with van der Waals surface area (Å²) in [6.07, 6.45) is 1.00. The number of nitrogens with zero attached hydrogens (tertiary/aromatic N) is 3. The lowest BCUT2D eigenvalue weighted by atomic mass is 9.90. The summed E-state index contributed by atoms with van der Waals surface area (Å²) in [5.74, 6) is -1.99. The van der Waals surface area contributed by atoms with Crippen molar-refractivity contribution in [1.29, 1.82) is 0 Å². The second kappa shape index (κ2) is 18.7. The highest BCUT2D eigenvalue weighted by molar-refractivity contribution is 5.85. The molecule has 6 atom stereocenters. The molecule has 0 aromatic carbocycles. The monoisotopic (exact) mass is 613 g/mol. The third kappa shape index (κ3) is 10.6. The van der Waals surface area contributed by atoms with E-state index in [1.54, 1.807) is 28.7 Å². The molecule has 1 saturated heterocycles. The van der Waals surface area contributed by atoms with Gasteiger partial charge >= 0.3 is 12.0 Å². The van der Waals surface area contributed by atoms with Gasteiger partial charge in [0.05, 0.1) is 50.3 Å². The normalized spacial score (nSPS) is 18.3. The van der Waals surface area contributed by atoms with Gasteiger partial charge in [0.1, 0.15) is 6.54 Å². The summed E-state index contributed by atoms with van der Waals surface area (Å²) in [4.78, 5) is 68.8. The summed E-state index contributed by atoms with van der Waals surface area (Å²) in [5.41, 5.74) is 0.